The number of sulfone groups is 1. The molecule has 0 heterocycles. The molecule has 10 heteroatoms. The van der Waals surface area contributed by atoms with Crippen LogP contribution in [0.25, 0.3) is 0 Å². The summed E-state index contributed by atoms with van der Waals surface area (Å²) in [6, 6.07) is 3.92. The van der Waals surface area contributed by atoms with Gasteiger partial charge in [-0.05, 0) is 30.2 Å². The van der Waals surface area contributed by atoms with Gasteiger partial charge in [-0.3, -0.25) is 4.99 Å². The first kappa shape index (κ1) is 26.7. The number of hydrogen-bond acceptors (Lipinski definition) is 6. The molecule has 0 bridgehead atoms. The van der Waals surface area contributed by atoms with Crippen LogP contribution in [0.1, 0.15) is 11.1 Å². The van der Waals surface area contributed by atoms with Gasteiger partial charge >= 0.3 is 0 Å². The van der Waals surface area contributed by atoms with Gasteiger partial charge in [0.05, 0.1) is 33.2 Å². The number of methoxy groups -OCH3 is 2. The molecule has 162 valence electrons. The molecule has 0 aromatic heterocycles. The van der Waals surface area contributed by atoms with Crippen LogP contribution in [0.3, 0.4) is 0 Å². The van der Waals surface area contributed by atoms with Crippen LogP contribution in [0, 0.1) is 6.92 Å². The summed E-state index contributed by atoms with van der Waals surface area (Å²) in [5.74, 6) is 2.14. The molecule has 0 amide bonds. The van der Waals surface area contributed by atoms with E-state index in [0.29, 0.717) is 31.2 Å². The summed E-state index contributed by atoms with van der Waals surface area (Å²) in [6.45, 7) is 3.79. The summed E-state index contributed by atoms with van der Waals surface area (Å²) in [5, 5.41) is 3.20. The summed E-state index contributed by atoms with van der Waals surface area (Å²) in [5.41, 5.74) is 2.20. The largest absolute Gasteiger partial charge is 0.493 e. The average molecular weight is 529 g/mol. The van der Waals surface area contributed by atoms with Gasteiger partial charge in [-0.15, -0.1) is 24.0 Å². The topological polar surface area (TPSA) is 89.5 Å². The van der Waals surface area contributed by atoms with Crippen molar-refractivity contribution in [2.75, 3.05) is 60.1 Å². The number of aliphatic imine (C=N–C) groups is 1. The lowest BCUT2D eigenvalue weighted by Crippen LogP contribution is -2.40. The van der Waals surface area contributed by atoms with Crippen LogP contribution in [0.4, 0.5) is 0 Å². The highest BCUT2D eigenvalue weighted by molar-refractivity contribution is 14.0. The number of benzene rings is 1. The fourth-order valence-corrected chi connectivity index (χ4v) is 2.88. The molecule has 28 heavy (non-hydrogen) atoms. The maximum absolute atomic E-state index is 11.1. The lowest BCUT2D eigenvalue weighted by atomic mass is 10.1. The second-order valence-electron chi connectivity index (χ2n) is 6.21. The molecule has 0 spiro atoms. The van der Waals surface area contributed by atoms with Gasteiger partial charge in [-0.25, -0.2) is 8.42 Å². The summed E-state index contributed by atoms with van der Waals surface area (Å²) in [4.78, 5) is 6.26. The second kappa shape index (κ2) is 13.0. The number of aryl methyl sites for hydroxylation is 1. The Labute approximate surface area is 185 Å². The van der Waals surface area contributed by atoms with Crippen molar-refractivity contribution < 1.29 is 22.6 Å². The molecule has 0 unspecified atom stereocenters. The number of nitrogens with zero attached hydrogens (tertiary/aromatic N) is 2. The van der Waals surface area contributed by atoms with Crippen molar-refractivity contribution in [3.05, 3.63) is 23.3 Å². The summed E-state index contributed by atoms with van der Waals surface area (Å²) >= 11 is 0. The minimum Gasteiger partial charge on any atom is -0.493 e. The van der Waals surface area contributed by atoms with Gasteiger partial charge < -0.3 is 24.4 Å². The fourth-order valence-electron chi connectivity index (χ4n) is 2.46. The van der Waals surface area contributed by atoms with E-state index in [0.717, 1.165) is 17.1 Å². The van der Waals surface area contributed by atoms with E-state index in [1.54, 1.807) is 21.3 Å². The zero-order chi connectivity index (χ0) is 20.4. The number of hydrogen-bond donors (Lipinski definition) is 1. The lowest BCUT2D eigenvalue weighted by Gasteiger charge is -2.23. The molecule has 0 saturated carbocycles. The zero-order valence-electron chi connectivity index (χ0n) is 17.4. The summed E-state index contributed by atoms with van der Waals surface area (Å²) in [6.07, 6.45) is 1.20. The van der Waals surface area contributed by atoms with Gasteiger partial charge in [-0.1, -0.05) is 0 Å². The number of guanidine groups is 1. The summed E-state index contributed by atoms with van der Waals surface area (Å²) in [7, 11) is 3.90. The third-order valence-corrected chi connectivity index (χ3v) is 4.86. The van der Waals surface area contributed by atoms with E-state index >= 15 is 0 Å². The highest BCUT2D eigenvalue weighted by atomic mass is 127. The maximum Gasteiger partial charge on any atom is 0.193 e. The van der Waals surface area contributed by atoms with Crippen LogP contribution in [0.15, 0.2) is 17.1 Å². The fraction of sp³-hybridized carbons (Fsp3) is 0.611. The Bertz CT molecular complexity index is 741. The van der Waals surface area contributed by atoms with Crippen molar-refractivity contribution in [1.82, 2.24) is 10.2 Å². The molecule has 1 aromatic carbocycles. The third-order valence-electron chi connectivity index (χ3n) is 3.95. The number of halogens is 1. The molecule has 0 fully saturated rings. The van der Waals surface area contributed by atoms with Crippen molar-refractivity contribution >= 4 is 39.8 Å². The Kier molecular flexibility index (Phi) is 12.5. The van der Waals surface area contributed by atoms with Crippen molar-refractivity contribution in [2.24, 2.45) is 4.99 Å². The molecule has 0 radical (unpaired) electrons. The van der Waals surface area contributed by atoms with E-state index in [1.165, 1.54) is 6.26 Å². The highest BCUT2D eigenvalue weighted by Crippen LogP contribution is 2.30. The van der Waals surface area contributed by atoms with Crippen molar-refractivity contribution in [1.29, 1.82) is 0 Å². The molecule has 0 saturated heterocycles. The van der Waals surface area contributed by atoms with Gasteiger partial charge in [0.1, 0.15) is 9.84 Å². The Morgan fingerprint density at radius 3 is 2.32 bits per heavy atom. The van der Waals surface area contributed by atoms with Crippen LogP contribution in [-0.4, -0.2) is 79.4 Å². The van der Waals surface area contributed by atoms with Gasteiger partial charge in [0.15, 0.2) is 17.5 Å². The molecule has 8 nitrogen and oxygen atoms in total. The third kappa shape index (κ3) is 9.28. The monoisotopic (exact) mass is 529 g/mol. The smallest absolute Gasteiger partial charge is 0.193 e. The number of rotatable bonds is 10. The van der Waals surface area contributed by atoms with Crippen LogP contribution in [0.5, 0.6) is 11.5 Å². The maximum atomic E-state index is 11.1. The van der Waals surface area contributed by atoms with Crippen molar-refractivity contribution in [3.8, 4) is 11.5 Å². The standard InChI is InChI=1S/C18H31N3O5S.HI/c1-14-11-16(24-4)17(25-5)12-15(14)13-21(3)18(19-2)20-7-8-26-9-10-27(6,22)23;/h11-12H,7-10,13H2,1-6H3,(H,19,20);1H. The molecular formula is C18H32IN3O5S. The van der Waals surface area contributed by atoms with Crippen LogP contribution in [-0.2, 0) is 21.1 Å². The Balaban J connectivity index is 0.00000729. The molecular weight excluding hydrogens is 497 g/mol. The van der Waals surface area contributed by atoms with E-state index in [2.05, 4.69) is 10.3 Å². The van der Waals surface area contributed by atoms with E-state index < -0.39 is 9.84 Å². The Hall–Kier alpha value is -1.27. The van der Waals surface area contributed by atoms with Crippen molar-refractivity contribution in [2.45, 2.75) is 13.5 Å². The Morgan fingerprint density at radius 2 is 1.79 bits per heavy atom. The molecule has 0 atom stereocenters. The first-order chi connectivity index (χ1) is 12.7. The molecule has 1 aromatic rings. The number of ether oxygens (including phenoxy) is 3. The van der Waals surface area contributed by atoms with Crippen LogP contribution < -0.4 is 14.8 Å². The normalized spacial score (nSPS) is 11.6. The van der Waals surface area contributed by atoms with E-state index in [9.17, 15) is 8.42 Å². The highest BCUT2D eigenvalue weighted by Gasteiger charge is 2.12. The molecule has 0 aliphatic heterocycles. The average Bonchev–Trinajstić information content (AvgIpc) is 2.61. The van der Waals surface area contributed by atoms with Crippen LogP contribution in [0.2, 0.25) is 0 Å². The minimum atomic E-state index is -2.99. The predicted octanol–water partition coefficient (Wildman–Crippen LogP) is 1.70. The molecule has 0 aliphatic carbocycles. The SMILES string of the molecule is CN=C(NCCOCCS(C)(=O)=O)N(C)Cc1cc(OC)c(OC)cc1C.I. The quantitative estimate of drug-likeness (QED) is 0.214. The molecule has 1 N–H and O–H groups in total. The first-order valence-corrected chi connectivity index (χ1v) is 10.7. The first-order valence-electron chi connectivity index (χ1n) is 8.60. The molecule has 1 rings (SSSR count). The predicted molar refractivity (Wildman–Crippen MR) is 123 cm³/mol. The van der Waals surface area contributed by atoms with Crippen molar-refractivity contribution in [3.63, 3.8) is 0 Å². The zero-order valence-corrected chi connectivity index (χ0v) is 20.6. The lowest BCUT2D eigenvalue weighted by molar-refractivity contribution is 0.153. The Morgan fingerprint density at radius 1 is 1.18 bits per heavy atom. The van der Waals surface area contributed by atoms with Gasteiger partial charge in [-0.2, -0.15) is 0 Å². The van der Waals surface area contributed by atoms with Crippen LogP contribution >= 0.6 is 24.0 Å². The molecule has 0 aliphatic rings. The summed E-state index contributed by atoms with van der Waals surface area (Å²) < 4.78 is 38.1. The number of nitrogens with one attached hydrogen (secondary N) is 1. The van der Waals surface area contributed by atoms with Gasteiger partial charge in [0, 0.05) is 33.4 Å². The van der Waals surface area contributed by atoms with E-state index in [4.69, 9.17) is 14.2 Å². The van der Waals surface area contributed by atoms with E-state index in [1.807, 2.05) is 31.0 Å². The second-order valence-corrected chi connectivity index (χ2v) is 8.47. The minimum absolute atomic E-state index is 0. The van der Waals surface area contributed by atoms with Gasteiger partial charge in [0.25, 0.3) is 0 Å². The van der Waals surface area contributed by atoms with E-state index in [-0.39, 0.29) is 36.3 Å². The van der Waals surface area contributed by atoms with Gasteiger partial charge in [0.2, 0.25) is 0 Å².